The first-order valence-corrected chi connectivity index (χ1v) is 7.01. The molecule has 0 unspecified atom stereocenters. The van der Waals surface area contributed by atoms with E-state index in [2.05, 4.69) is 10.6 Å². The topological polar surface area (TPSA) is 81.7 Å². The van der Waals surface area contributed by atoms with Crippen molar-refractivity contribution in [1.29, 1.82) is 0 Å². The van der Waals surface area contributed by atoms with E-state index in [9.17, 15) is 9.59 Å². The van der Waals surface area contributed by atoms with Crippen molar-refractivity contribution in [2.75, 3.05) is 26.2 Å². The van der Waals surface area contributed by atoms with Crippen LogP contribution in [0.2, 0.25) is 0 Å². The number of rotatable bonds is 2. The molecule has 3 N–H and O–H groups in total. The summed E-state index contributed by atoms with van der Waals surface area (Å²) in [6.45, 7) is 4.71. The standard InChI is InChI=1S/C13H23N3O3/c1-13(11(17)18)4-8-16(9-5-13)12(19)15-10-2-6-14-7-3-10/h10,14H,2-9H2,1H3,(H,15,19)(H,17,18). The molecule has 0 aromatic carbocycles. The monoisotopic (exact) mass is 269 g/mol. The number of amides is 2. The molecular formula is C13H23N3O3. The third kappa shape index (κ3) is 3.37. The van der Waals surface area contributed by atoms with Gasteiger partial charge >= 0.3 is 12.0 Å². The molecule has 0 aliphatic carbocycles. The molecule has 0 radical (unpaired) electrons. The van der Waals surface area contributed by atoms with Crippen molar-refractivity contribution in [1.82, 2.24) is 15.5 Å². The molecule has 2 fully saturated rings. The second-order valence-electron chi connectivity index (χ2n) is 5.83. The summed E-state index contributed by atoms with van der Waals surface area (Å²) in [4.78, 5) is 25.0. The molecule has 6 heteroatoms. The van der Waals surface area contributed by atoms with Crippen LogP contribution in [0.4, 0.5) is 4.79 Å². The molecule has 2 aliphatic heterocycles. The smallest absolute Gasteiger partial charge is 0.317 e. The van der Waals surface area contributed by atoms with Gasteiger partial charge in [-0.1, -0.05) is 0 Å². The average Bonchev–Trinajstić information content (AvgIpc) is 2.40. The van der Waals surface area contributed by atoms with Gasteiger partial charge in [0.1, 0.15) is 0 Å². The number of hydrogen-bond donors (Lipinski definition) is 3. The molecule has 0 aromatic heterocycles. The van der Waals surface area contributed by atoms with Crippen LogP contribution >= 0.6 is 0 Å². The summed E-state index contributed by atoms with van der Waals surface area (Å²) in [7, 11) is 0. The molecule has 0 aromatic rings. The third-order valence-corrected chi connectivity index (χ3v) is 4.34. The number of likely N-dealkylation sites (tertiary alicyclic amines) is 1. The van der Waals surface area contributed by atoms with Gasteiger partial charge in [0.2, 0.25) is 0 Å². The second-order valence-corrected chi connectivity index (χ2v) is 5.83. The van der Waals surface area contributed by atoms with Crippen molar-refractivity contribution in [2.24, 2.45) is 5.41 Å². The molecule has 2 heterocycles. The highest BCUT2D eigenvalue weighted by Crippen LogP contribution is 2.31. The Kier molecular flexibility index (Phi) is 4.29. The highest BCUT2D eigenvalue weighted by molar-refractivity contribution is 5.77. The van der Waals surface area contributed by atoms with Gasteiger partial charge in [-0.3, -0.25) is 4.79 Å². The summed E-state index contributed by atoms with van der Waals surface area (Å²) >= 11 is 0. The van der Waals surface area contributed by atoms with Crippen LogP contribution < -0.4 is 10.6 Å². The van der Waals surface area contributed by atoms with Crippen LogP contribution in [0.3, 0.4) is 0 Å². The molecule has 2 saturated heterocycles. The van der Waals surface area contributed by atoms with Crippen molar-refractivity contribution in [3.05, 3.63) is 0 Å². The van der Waals surface area contributed by atoms with E-state index in [1.165, 1.54) is 0 Å². The molecule has 19 heavy (non-hydrogen) atoms. The minimum Gasteiger partial charge on any atom is -0.481 e. The maximum absolute atomic E-state index is 12.1. The Morgan fingerprint density at radius 3 is 2.37 bits per heavy atom. The van der Waals surface area contributed by atoms with Gasteiger partial charge in [0, 0.05) is 19.1 Å². The summed E-state index contributed by atoms with van der Waals surface area (Å²) in [5, 5.41) is 15.5. The quantitative estimate of drug-likeness (QED) is 0.687. The number of nitrogens with zero attached hydrogens (tertiary/aromatic N) is 1. The fraction of sp³-hybridized carbons (Fsp3) is 0.846. The Bertz CT molecular complexity index is 345. The van der Waals surface area contributed by atoms with Crippen molar-refractivity contribution < 1.29 is 14.7 Å². The molecule has 0 saturated carbocycles. The maximum Gasteiger partial charge on any atom is 0.317 e. The zero-order chi connectivity index (χ0) is 13.9. The minimum atomic E-state index is -0.758. The lowest BCUT2D eigenvalue weighted by Crippen LogP contribution is -2.52. The lowest BCUT2D eigenvalue weighted by atomic mass is 9.80. The lowest BCUT2D eigenvalue weighted by molar-refractivity contribution is -0.150. The number of carboxylic acids is 1. The largest absolute Gasteiger partial charge is 0.481 e. The summed E-state index contributed by atoms with van der Waals surface area (Å²) in [6.07, 6.45) is 2.99. The number of hydrogen-bond acceptors (Lipinski definition) is 3. The van der Waals surface area contributed by atoms with Crippen molar-refractivity contribution in [2.45, 2.75) is 38.6 Å². The summed E-state index contributed by atoms with van der Waals surface area (Å²) < 4.78 is 0. The Morgan fingerprint density at radius 1 is 1.26 bits per heavy atom. The number of aliphatic carboxylic acids is 1. The number of carbonyl (C=O) groups is 2. The predicted octanol–water partition coefficient (Wildman–Crippen LogP) is 0.635. The Labute approximate surface area is 113 Å². The third-order valence-electron chi connectivity index (χ3n) is 4.34. The van der Waals surface area contributed by atoms with Gasteiger partial charge in [0.25, 0.3) is 0 Å². The van der Waals surface area contributed by atoms with Crippen LogP contribution in [0.15, 0.2) is 0 Å². The van der Waals surface area contributed by atoms with Crippen LogP contribution in [0.5, 0.6) is 0 Å². The zero-order valence-electron chi connectivity index (χ0n) is 11.4. The summed E-state index contributed by atoms with van der Waals surface area (Å²) in [5.41, 5.74) is -0.675. The van der Waals surface area contributed by atoms with E-state index in [0.717, 1.165) is 25.9 Å². The number of carbonyl (C=O) groups excluding carboxylic acids is 1. The fourth-order valence-electron chi connectivity index (χ4n) is 2.65. The van der Waals surface area contributed by atoms with Crippen molar-refractivity contribution >= 4 is 12.0 Å². The Balaban J connectivity index is 1.80. The van der Waals surface area contributed by atoms with Gasteiger partial charge in [-0.05, 0) is 45.7 Å². The van der Waals surface area contributed by atoms with Gasteiger partial charge in [-0.2, -0.15) is 0 Å². The fourth-order valence-corrected chi connectivity index (χ4v) is 2.65. The SMILES string of the molecule is CC1(C(=O)O)CCN(C(=O)NC2CCNCC2)CC1. The molecule has 2 rings (SSSR count). The Morgan fingerprint density at radius 2 is 1.84 bits per heavy atom. The van der Waals surface area contributed by atoms with Gasteiger partial charge in [-0.25, -0.2) is 4.79 Å². The van der Waals surface area contributed by atoms with E-state index >= 15 is 0 Å². The van der Waals surface area contributed by atoms with Crippen LogP contribution in [0.1, 0.15) is 32.6 Å². The molecule has 0 spiro atoms. The van der Waals surface area contributed by atoms with Crippen LogP contribution in [0, 0.1) is 5.41 Å². The first-order valence-electron chi connectivity index (χ1n) is 7.01. The summed E-state index contributed by atoms with van der Waals surface area (Å²) in [5.74, 6) is -0.758. The molecule has 0 atom stereocenters. The van der Waals surface area contributed by atoms with E-state index < -0.39 is 11.4 Å². The van der Waals surface area contributed by atoms with Crippen molar-refractivity contribution in [3.63, 3.8) is 0 Å². The first kappa shape index (κ1) is 14.1. The van der Waals surface area contributed by atoms with E-state index in [1.807, 2.05) is 0 Å². The lowest BCUT2D eigenvalue weighted by Gasteiger charge is -2.37. The molecule has 2 aliphatic rings. The van der Waals surface area contributed by atoms with Crippen LogP contribution in [0.25, 0.3) is 0 Å². The average molecular weight is 269 g/mol. The molecule has 108 valence electrons. The van der Waals surface area contributed by atoms with Crippen molar-refractivity contribution in [3.8, 4) is 0 Å². The van der Waals surface area contributed by atoms with E-state index in [0.29, 0.717) is 25.9 Å². The Hall–Kier alpha value is -1.30. The van der Waals surface area contributed by atoms with E-state index in [4.69, 9.17) is 5.11 Å². The second kappa shape index (κ2) is 5.77. The highest BCUT2D eigenvalue weighted by atomic mass is 16.4. The first-order chi connectivity index (χ1) is 9.01. The van der Waals surface area contributed by atoms with Gasteiger partial charge in [0.05, 0.1) is 5.41 Å². The molecule has 6 nitrogen and oxygen atoms in total. The number of nitrogens with one attached hydrogen (secondary N) is 2. The van der Waals surface area contributed by atoms with Gasteiger partial charge < -0.3 is 20.6 Å². The highest BCUT2D eigenvalue weighted by Gasteiger charge is 2.38. The van der Waals surface area contributed by atoms with Crippen LogP contribution in [-0.4, -0.2) is 54.2 Å². The molecule has 0 bridgehead atoms. The van der Waals surface area contributed by atoms with E-state index in [1.54, 1.807) is 11.8 Å². The van der Waals surface area contributed by atoms with Gasteiger partial charge in [-0.15, -0.1) is 0 Å². The number of carboxylic acid groups (broad SMARTS) is 1. The van der Waals surface area contributed by atoms with Gasteiger partial charge in [0.15, 0.2) is 0 Å². The minimum absolute atomic E-state index is 0.0423. The summed E-state index contributed by atoms with van der Waals surface area (Å²) in [6, 6.07) is 0.209. The maximum atomic E-state index is 12.1. The molecule has 2 amide bonds. The predicted molar refractivity (Wildman–Crippen MR) is 71.0 cm³/mol. The van der Waals surface area contributed by atoms with E-state index in [-0.39, 0.29) is 12.1 Å². The number of piperidine rings is 2. The zero-order valence-corrected chi connectivity index (χ0v) is 11.4. The van der Waals surface area contributed by atoms with Crippen LogP contribution in [-0.2, 0) is 4.79 Å². The molecular weight excluding hydrogens is 246 g/mol. The number of urea groups is 1. The normalized spacial score (nSPS) is 23.9.